The zero-order chi connectivity index (χ0) is 12.6. The van der Waals surface area contributed by atoms with E-state index in [4.69, 9.17) is 11.0 Å². The third kappa shape index (κ3) is 2.02. The summed E-state index contributed by atoms with van der Waals surface area (Å²) in [4.78, 5) is 4.17. The molecule has 1 heterocycles. The van der Waals surface area contributed by atoms with E-state index in [1.807, 2.05) is 6.07 Å². The molecule has 0 unspecified atom stereocenters. The van der Waals surface area contributed by atoms with Crippen molar-refractivity contribution in [2.45, 2.75) is 0 Å². The van der Waals surface area contributed by atoms with E-state index in [1.54, 1.807) is 37.6 Å². The number of nitrogens with zero attached hydrogens (tertiary/aromatic N) is 2. The highest BCUT2D eigenvalue weighted by Crippen LogP contribution is 2.39. The number of nitriles is 1. The highest BCUT2D eigenvalue weighted by atomic mass is 31.2. The minimum atomic E-state index is -2.47. The summed E-state index contributed by atoms with van der Waals surface area (Å²) in [6.07, 6.45) is 0. The lowest BCUT2D eigenvalue weighted by molar-refractivity contribution is 0.588. The van der Waals surface area contributed by atoms with E-state index >= 15 is 0 Å². The van der Waals surface area contributed by atoms with Crippen molar-refractivity contribution >= 4 is 29.0 Å². The molecule has 1 aromatic carbocycles. The topological polar surface area (TPSA) is 79.8 Å². The number of anilines is 1. The summed E-state index contributed by atoms with van der Waals surface area (Å²) in [6.45, 7) is 3.35. The molecule has 0 aliphatic rings. The minimum absolute atomic E-state index is 0.343. The molecule has 0 fully saturated rings. The molecule has 2 aromatic rings. The smallest absolute Gasteiger partial charge is 0.141 e. The molecule has 1 aromatic heterocycles. The number of nitrogen functional groups attached to an aromatic ring is 1. The van der Waals surface area contributed by atoms with E-state index in [2.05, 4.69) is 4.98 Å². The number of aromatic nitrogens is 1. The van der Waals surface area contributed by atoms with Crippen LogP contribution >= 0.6 is 7.14 Å². The van der Waals surface area contributed by atoms with Gasteiger partial charge in [0.2, 0.25) is 0 Å². The second-order valence-electron chi connectivity index (χ2n) is 4.23. The standard InChI is InChI=1S/C12H12N3OP/c1-17(2,16)12-9-4-3-8(7-13)15-11(9)6-5-10(12)14/h3-6H,14H2,1-2H3. The Hall–Kier alpha value is -1.85. The Kier molecular flexibility index (Phi) is 2.65. The average Bonchev–Trinajstić information content (AvgIpc) is 2.26. The van der Waals surface area contributed by atoms with Crippen molar-refractivity contribution in [2.75, 3.05) is 19.1 Å². The van der Waals surface area contributed by atoms with Gasteiger partial charge < -0.3 is 10.3 Å². The van der Waals surface area contributed by atoms with Crippen LogP contribution in [0.2, 0.25) is 0 Å². The fourth-order valence-corrected chi connectivity index (χ4v) is 3.33. The molecule has 0 aliphatic carbocycles. The third-order valence-electron chi connectivity index (χ3n) is 2.53. The van der Waals surface area contributed by atoms with Crippen molar-refractivity contribution in [1.82, 2.24) is 4.98 Å². The molecule has 0 aliphatic heterocycles. The fraction of sp³-hybridized carbons (Fsp3) is 0.167. The maximum Gasteiger partial charge on any atom is 0.141 e. The lowest BCUT2D eigenvalue weighted by Gasteiger charge is -2.13. The van der Waals surface area contributed by atoms with Crippen LogP contribution in [0.3, 0.4) is 0 Å². The van der Waals surface area contributed by atoms with Gasteiger partial charge in [0.25, 0.3) is 0 Å². The Bertz CT molecular complexity index is 682. The summed E-state index contributed by atoms with van der Waals surface area (Å²) in [5, 5.41) is 10.2. The van der Waals surface area contributed by atoms with Gasteiger partial charge in [-0.3, -0.25) is 0 Å². The predicted molar refractivity (Wildman–Crippen MR) is 70.0 cm³/mol. The van der Waals surface area contributed by atoms with E-state index in [9.17, 15) is 4.57 Å². The van der Waals surface area contributed by atoms with Gasteiger partial charge in [-0.2, -0.15) is 5.26 Å². The monoisotopic (exact) mass is 245 g/mol. The van der Waals surface area contributed by atoms with E-state index in [-0.39, 0.29) is 0 Å². The predicted octanol–water partition coefficient (Wildman–Crippen LogP) is 1.94. The van der Waals surface area contributed by atoms with E-state index in [1.165, 1.54) is 0 Å². The number of nitrogens with two attached hydrogens (primary N) is 1. The van der Waals surface area contributed by atoms with Gasteiger partial charge in [-0.25, -0.2) is 4.98 Å². The fourth-order valence-electron chi connectivity index (χ4n) is 1.87. The Morgan fingerprint density at radius 3 is 2.59 bits per heavy atom. The normalized spacial score (nSPS) is 11.4. The van der Waals surface area contributed by atoms with Gasteiger partial charge in [0.05, 0.1) is 5.52 Å². The van der Waals surface area contributed by atoms with Crippen LogP contribution in [0.4, 0.5) is 5.69 Å². The maximum absolute atomic E-state index is 12.2. The van der Waals surface area contributed by atoms with Crippen LogP contribution in [0.25, 0.3) is 10.9 Å². The molecule has 0 radical (unpaired) electrons. The summed E-state index contributed by atoms with van der Waals surface area (Å²) >= 11 is 0. The Labute approximate surface area is 99.4 Å². The van der Waals surface area contributed by atoms with Crippen molar-refractivity contribution in [3.05, 3.63) is 30.0 Å². The summed E-state index contributed by atoms with van der Waals surface area (Å²) in [7, 11) is -2.47. The second-order valence-corrected chi connectivity index (χ2v) is 7.38. The van der Waals surface area contributed by atoms with Gasteiger partial charge in [0, 0.05) is 16.4 Å². The zero-order valence-electron chi connectivity index (χ0n) is 9.64. The Balaban J connectivity index is 2.89. The first-order valence-corrected chi connectivity index (χ1v) is 7.68. The highest BCUT2D eigenvalue weighted by molar-refractivity contribution is 7.71. The average molecular weight is 245 g/mol. The molecule has 2 rings (SSSR count). The van der Waals surface area contributed by atoms with E-state index < -0.39 is 7.14 Å². The number of rotatable bonds is 1. The van der Waals surface area contributed by atoms with Gasteiger partial charge in [0.15, 0.2) is 0 Å². The maximum atomic E-state index is 12.2. The van der Waals surface area contributed by atoms with Gasteiger partial charge in [-0.1, -0.05) is 0 Å². The molecule has 2 N–H and O–H groups in total. The van der Waals surface area contributed by atoms with Crippen molar-refractivity contribution in [1.29, 1.82) is 5.26 Å². The molecule has 0 spiro atoms. The lowest BCUT2D eigenvalue weighted by atomic mass is 10.2. The summed E-state index contributed by atoms with van der Waals surface area (Å²) < 4.78 is 12.2. The van der Waals surface area contributed by atoms with E-state index in [0.717, 1.165) is 5.39 Å². The first-order chi connectivity index (χ1) is 7.93. The van der Waals surface area contributed by atoms with Gasteiger partial charge in [0.1, 0.15) is 18.9 Å². The molecule has 17 heavy (non-hydrogen) atoms. The first-order valence-electron chi connectivity index (χ1n) is 5.08. The van der Waals surface area contributed by atoms with Crippen molar-refractivity contribution < 1.29 is 4.57 Å². The summed E-state index contributed by atoms with van der Waals surface area (Å²) in [5.74, 6) is 0. The van der Waals surface area contributed by atoms with Crippen molar-refractivity contribution in [3.8, 4) is 6.07 Å². The molecule has 0 saturated heterocycles. The number of pyridine rings is 1. The van der Waals surface area contributed by atoms with Crippen LogP contribution in [0.15, 0.2) is 24.3 Å². The molecule has 0 amide bonds. The SMILES string of the molecule is CP(C)(=O)c1c(N)ccc2nc(C#N)ccc12. The number of benzene rings is 1. The van der Waals surface area contributed by atoms with Crippen LogP contribution in [0, 0.1) is 11.3 Å². The Morgan fingerprint density at radius 1 is 1.29 bits per heavy atom. The second kappa shape index (κ2) is 3.87. The minimum Gasteiger partial charge on any atom is -0.398 e. The summed E-state index contributed by atoms with van der Waals surface area (Å²) in [5.41, 5.74) is 7.38. The molecule has 5 heteroatoms. The molecular formula is C12H12N3OP. The van der Waals surface area contributed by atoms with Crippen LogP contribution in [0.1, 0.15) is 5.69 Å². The molecule has 0 bridgehead atoms. The van der Waals surface area contributed by atoms with Gasteiger partial charge in [-0.15, -0.1) is 0 Å². The first kappa shape index (κ1) is 11.6. The zero-order valence-corrected chi connectivity index (χ0v) is 10.5. The Morgan fingerprint density at radius 2 is 2.00 bits per heavy atom. The number of hydrogen-bond acceptors (Lipinski definition) is 4. The molecule has 86 valence electrons. The highest BCUT2D eigenvalue weighted by Gasteiger charge is 2.18. The van der Waals surface area contributed by atoms with Crippen LogP contribution in [-0.4, -0.2) is 18.3 Å². The number of fused-ring (bicyclic) bond motifs is 1. The quantitative estimate of drug-likeness (QED) is 0.615. The molecule has 0 atom stereocenters. The van der Waals surface area contributed by atoms with Gasteiger partial charge in [-0.05, 0) is 37.6 Å². The van der Waals surface area contributed by atoms with Crippen molar-refractivity contribution in [3.63, 3.8) is 0 Å². The third-order valence-corrected chi connectivity index (χ3v) is 4.10. The van der Waals surface area contributed by atoms with Crippen LogP contribution < -0.4 is 11.0 Å². The van der Waals surface area contributed by atoms with Crippen molar-refractivity contribution in [2.24, 2.45) is 0 Å². The van der Waals surface area contributed by atoms with Crippen LogP contribution in [0.5, 0.6) is 0 Å². The number of hydrogen-bond donors (Lipinski definition) is 1. The largest absolute Gasteiger partial charge is 0.398 e. The molecular weight excluding hydrogens is 233 g/mol. The molecule has 4 nitrogen and oxygen atoms in total. The molecule has 0 saturated carbocycles. The van der Waals surface area contributed by atoms with E-state index in [0.29, 0.717) is 22.2 Å². The van der Waals surface area contributed by atoms with Gasteiger partial charge >= 0.3 is 0 Å². The lowest BCUT2D eigenvalue weighted by Crippen LogP contribution is -2.11. The van der Waals surface area contributed by atoms with Crippen LogP contribution in [-0.2, 0) is 4.57 Å². The summed E-state index contributed by atoms with van der Waals surface area (Å²) in [6, 6.07) is 8.78.